The highest BCUT2D eigenvalue weighted by Gasteiger charge is 2.47. The van der Waals surface area contributed by atoms with Gasteiger partial charge in [-0.15, -0.1) is 0 Å². The number of hydrogen-bond donors (Lipinski definition) is 6. The normalized spacial score (nSPS) is 36.0. The van der Waals surface area contributed by atoms with Gasteiger partial charge in [-0.3, -0.25) is 9.32 Å². The molecule has 0 bridgehead atoms. The van der Waals surface area contributed by atoms with Crippen molar-refractivity contribution in [3.63, 3.8) is 0 Å². The number of ether oxygens (including phenoxy) is 1. The second-order valence-electron chi connectivity index (χ2n) is 4.03. The molecule has 1 saturated heterocycles. The van der Waals surface area contributed by atoms with Crippen LogP contribution in [0, 0.1) is 0 Å². The van der Waals surface area contributed by atoms with Gasteiger partial charge in [0.05, 0.1) is 6.61 Å². The molecule has 11 heteroatoms. The van der Waals surface area contributed by atoms with Crippen LogP contribution in [0.15, 0.2) is 0 Å². The standard InChI is InChI=1S/C8H16NO9P/c1-3(11)9-5-6(12)7(18-19(14,15)16)4(2-10)17-8(5)13/h4-8,10,12-13H,2H2,1H3,(H,9,11)(H2,14,15,16)/t4?,5-,6?,7+,8?/m0/s1. The number of amides is 1. The highest BCUT2D eigenvalue weighted by atomic mass is 31.2. The molecule has 1 amide bonds. The van der Waals surface area contributed by atoms with Crippen LogP contribution in [0.4, 0.5) is 0 Å². The molecule has 0 spiro atoms. The van der Waals surface area contributed by atoms with Gasteiger partial charge >= 0.3 is 7.82 Å². The van der Waals surface area contributed by atoms with Gasteiger partial charge in [-0.05, 0) is 0 Å². The SMILES string of the molecule is CC(=O)N[C@@H]1C(O)OC(CO)[C@@H](OP(=O)(O)O)C1O. The Morgan fingerprint density at radius 3 is 2.42 bits per heavy atom. The van der Waals surface area contributed by atoms with E-state index in [1.54, 1.807) is 0 Å². The smallest absolute Gasteiger partial charge is 0.394 e. The van der Waals surface area contributed by atoms with Gasteiger partial charge in [0.1, 0.15) is 24.4 Å². The fourth-order valence-electron chi connectivity index (χ4n) is 1.76. The second kappa shape index (κ2) is 6.25. The van der Waals surface area contributed by atoms with Crippen LogP contribution in [0.25, 0.3) is 0 Å². The summed E-state index contributed by atoms with van der Waals surface area (Å²) in [7, 11) is -4.95. The van der Waals surface area contributed by atoms with E-state index in [0.29, 0.717) is 0 Å². The molecule has 19 heavy (non-hydrogen) atoms. The van der Waals surface area contributed by atoms with Gasteiger partial charge in [0.15, 0.2) is 6.29 Å². The minimum absolute atomic E-state index is 0.593. The number of hydrogen-bond acceptors (Lipinski definition) is 7. The topological polar surface area (TPSA) is 166 Å². The van der Waals surface area contributed by atoms with Crippen LogP contribution < -0.4 is 5.32 Å². The molecule has 5 atom stereocenters. The summed E-state index contributed by atoms with van der Waals surface area (Å²) in [6, 6.07) is -1.34. The summed E-state index contributed by atoms with van der Waals surface area (Å²) in [5.41, 5.74) is 0. The lowest BCUT2D eigenvalue weighted by Crippen LogP contribution is -2.64. The highest BCUT2D eigenvalue weighted by molar-refractivity contribution is 7.46. The van der Waals surface area contributed by atoms with Gasteiger partial charge in [-0.2, -0.15) is 0 Å². The van der Waals surface area contributed by atoms with Crippen molar-refractivity contribution in [1.82, 2.24) is 5.32 Å². The molecule has 10 nitrogen and oxygen atoms in total. The highest BCUT2D eigenvalue weighted by Crippen LogP contribution is 2.41. The molecule has 1 rings (SSSR count). The predicted octanol–water partition coefficient (Wildman–Crippen LogP) is -2.96. The Bertz CT molecular complexity index is 371. The van der Waals surface area contributed by atoms with Crippen molar-refractivity contribution in [2.24, 2.45) is 0 Å². The van der Waals surface area contributed by atoms with Crippen molar-refractivity contribution in [3.05, 3.63) is 0 Å². The fraction of sp³-hybridized carbons (Fsp3) is 0.875. The Morgan fingerprint density at radius 2 is 2.00 bits per heavy atom. The van der Waals surface area contributed by atoms with E-state index in [-0.39, 0.29) is 0 Å². The van der Waals surface area contributed by atoms with E-state index in [4.69, 9.17) is 19.6 Å². The van der Waals surface area contributed by atoms with Gasteiger partial charge in [-0.1, -0.05) is 0 Å². The second-order valence-corrected chi connectivity index (χ2v) is 5.22. The Morgan fingerprint density at radius 1 is 1.42 bits per heavy atom. The summed E-state index contributed by atoms with van der Waals surface area (Å²) in [6.45, 7) is 0.377. The maximum Gasteiger partial charge on any atom is 0.470 e. The van der Waals surface area contributed by atoms with Crippen LogP contribution in [0.1, 0.15) is 6.92 Å². The minimum Gasteiger partial charge on any atom is -0.394 e. The summed E-state index contributed by atoms with van der Waals surface area (Å²) >= 11 is 0. The average molecular weight is 301 g/mol. The van der Waals surface area contributed by atoms with E-state index >= 15 is 0 Å². The molecule has 0 radical (unpaired) electrons. The third-order valence-electron chi connectivity index (χ3n) is 2.50. The van der Waals surface area contributed by atoms with Gasteiger partial charge in [0.25, 0.3) is 0 Å². The first kappa shape index (κ1) is 16.5. The number of aliphatic hydroxyl groups excluding tert-OH is 3. The summed E-state index contributed by atoms with van der Waals surface area (Å²) in [4.78, 5) is 28.4. The van der Waals surface area contributed by atoms with Crippen molar-refractivity contribution < 1.29 is 43.7 Å². The summed E-state index contributed by atoms with van der Waals surface area (Å²) in [5, 5.41) is 30.6. The van der Waals surface area contributed by atoms with Crippen LogP contribution in [0.5, 0.6) is 0 Å². The lowest BCUT2D eigenvalue weighted by molar-refractivity contribution is -0.250. The lowest BCUT2D eigenvalue weighted by atomic mass is 9.97. The quantitative estimate of drug-likeness (QED) is 0.297. The molecule has 112 valence electrons. The van der Waals surface area contributed by atoms with Gasteiger partial charge in [-0.25, -0.2) is 4.57 Å². The van der Waals surface area contributed by atoms with Crippen LogP contribution in [-0.2, 0) is 18.6 Å². The van der Waals surface area contributed by atoms with Gasteiger partial charge in [0.2, 0.25) is 5.91 Å². The number of aliphatic hydroxyl groups is 3. The molecule has 1 aliphatic rings. The zero-order chi connectivity index (χ0) is 14.8. The first-order valence-corrected chi connectivity index (χ1v) is 6.82. The third-order valence-corrected chi connectivity index (χ3v) is 3.02. The van der Waals surface area contributed by atoms with E-state index in [2.05, 4.69) is 9.84 Å². The Balaban J connectivity index is 2.91. The first-order chi connectivity index (χ1) is 8.65. The molecule has 6 N–H and O–H groups in total. The van der Waals surface area contributed by atoms with E-state index in [1.807, 2.05) is 0 Å². The number of rotatable bonds is 4. The molecule has 0 aromatic rings. The number of phosphoric ester groups is 1. The first-order valence-electron chi connectivity index (χ1n) is 5.29. The van der Waals surface area contributed by atoms with E-state index in [0.717, 1.165) is 6.92 Å². The van der Waals surface area contributed by atoms with Crippen LogP contribution in [0.3, 0.4) is 0 Å². The lowest BCUT2D eigenvalue weighted by Gasteiger charge is -2.41. The summed E-state index contributed by atoms with van der Waals surface area (Å²) in [5.74, 6) is -0.593. The van der Waals surface area contributed by atoms with E-state index in [9.17, 15) is 19.6 Å². The summed E-state index contributed by atoms with van der Waals surface area (Å²) < 4.78 is 20.0. The van der Waals surface area contributed by atoms with E-state index in [1.165, 1.54) is 0 Å². The maximum atomic E-state index is 10.9. The Hall–Kier alpha value is -0.580. The monoisotopic (exact) mass is 301 g/mol. The van der Waals surface area contributed by atoms with Crippen LogP contribution in [-0.4, -0.2) is 68.3 Å². The molecular weight excluding hydrogens is 285 g/mol. The molecule has 3 unspecified atom stereocenters. The molecular formula is C8H16NO9P. The number of phosphoric acid groups is 1. The van der Waals surface area contributed by atoms with Gasteiger partial charge in [0, 0.05) is 6.92 Å². The van der Waals surface area contributed by atoms with Crippen molar-refractivity contribution in [2.75, 3.05) is 6.61 Å². The molecule has 1 fully saturated rings. The fourth-order valence-corrected chi connectivity index (χ4v) is 2.34. The molecule has 1 aliphatic heterocycles. The molecule has 1 heterocycles. The largest absolute Gasteiger partial charge is 0.470 e. The number of carbonyl (C=O) groups is 1. The number of nitrogens with one attached hydrogen (secondary N) is 1. The average Bonchev–Trinajstić information content (AvgIpc) is 2.26. The van der Waals surface area contributed by atoms with Crippen LogP contribution in [0.2, 0.25) is 0 Å². The zero-order valence-corrected chi connectivity index (χ0v) is 10.8. The van der Waals surface area contributed by atoms with Crippen LogP contribution >= 0.6 is 7.82 Å². The predicted molar refractivity (Wildman–Crippen MR) is 58.5 cm³/mol. The maximum absolute atomic E-state index is 10.9. The minimum atomic E-state index is -4.95. The van der Waals surface area contributed by atoms with Crippen molar-refractivity contribution >= 4 is 13.7 Å². The van der Waals surface area contributed by atoms with Crippen molar-refractivity contribution in [1.29, 1.82) is 0 Å². The molecule has 0 aromatic carbocycles. The van der Waals surface area contributed by atoms with Crippen molar-refractivity contribution in [3.8, 4) is 0 Å². The van der Waals surface area contributed by atoms with Gasteiger partial charge < -0.3 is 35.2 Å². The third kappa shape index (κ3) is 4.48. The molecule has 0 aromatic heterocycles. The Labute approximate surface area is 108 Å². The zero-order valence-electron chi connectivity index (χ0n) is 9.91. The molecule has 0 saturated carbocycles. The number of carbonyl (C=O) groups excluding carboxylic acids is 1. The van der Waals surface area contributed by atoms with Crippen molar-refractivity contribution in [2.45, 2.75) is 37.6 Å². The summed E-state index contributed by atoms with van der Waals surface area (Å²) in [6.07, 6.45) is -6.26. The Kier molecular flexibility index (Phi) is 5.42. The van der Waals surface area contributed by atoms with E-state index < -0.39 is 51.0 Å². The molecule has 0 aliphatic carbocycles.